The van der Waals surface area contributed by atoms with Gasteiger partial charge in [-0.05, 0) is 18.1 Å². The average molecular weight is 246 g/mol. The van der Waals surface area contributed by atoms with Gasteiger partial charge in [0.05, 0.1) is 6.42 Å². The Balaban J connectivity index is 2.19. The molecule has 1 aromatic rings. The van der Waals surface area contributed by atoms with Crippen LogP contribution in [-0.4, -0.2) is 29.3 Å². The zero-order chi connectivity index (χ0) is 13.1. The summed E-state index contributed by atoms with van der Waals surface area (Å²) in [5, 5.41) is 0. The molecular formula is C14H18N2O2. The molecule has 1 atom stereocenters. The summed E-state index contributed by atoms with van der Waals surface area (Å²) >= 11 is 0. The molecule has 96 valence electrons. The van der Waals surface area contributed by atoms with Crippen LogP contribution < -0.4 is 5.73 Å². The van der Waals surface area contributed by atoms with Crippen LogP contribution in [0.1, 0.15) is 35.7 Å². The molecule has 2 amide bonds. The molecule has 2 rings (SSSR count). The number of nitrogens with two attached hydrogens (primary N) is 1. The topological polar surface area (TPSA) is 63.4 Å². The van der Waals surface area contributed by atoms with E-state index in [1.165, 1.54) is 4.90 Å². The van der Waals surface area contributed by atoms with Crippen LogP contribution in [0.15, 0.2) is 24.3 Å². The van der Waals surface area contributed by atoms with E-state index in [9.17, 15) is 9.59 Å². The molecule has 1 heterocycles. The summed E-state index contributed by atoms with van der Waals surface area (Å²) in [4.78, 5) is 25.5. The fraction of sp³-hybridized carbons (Fsp3) is 0.429. The minimum Gasteiger partial charge on any atom is -0.326 e. The second-order valence-corrected chi connectivity index (χ2v) is 4.69. The molecule has 0 saturated heterocycles. The number of rotatable bonds is 4. The van der Waals surface area contributed by atoms with Crippen molar-refractivity contribution in [1.29, 1.82) is 0 Å². The fourth-order valence-corrected chi connectivity index (χ4v) is 2.28. The van der Waals surface area contributed by atoms with Crippen molar-refractivity contribution in [2.24, 2.45) is 5.73 Å². The van der Waals surface area contributed by atoms with Gasteiger partial charge >= 0.3 is 0 Å². The van der Waals surface area contributed by atoms with Crippen LogP contribution in [0.3, 0.4) is 0 Å². The molecule has 1 aliphatic rings. The number of imide groups is 1. The number of amides is 2. The minimum atomic E-state index is -0.214. The van der Waals surface area contributed by atoms with Crippen molar-refractivity contribution in [3.63, 3.8) is 0 Å². The molecule has 0 aromatic heterocycles. The predicted octanol–water partition coefficient (Wildman–Crippen LogP) is 1.34. The molecule has 0 bridgehead atoms. The van der Waals surface area contributed by atoms with Gasteiger partial charge in [0.1, 0.15) is 0 Å². The van der Waals surface area contributed by atoms with Crippen molar-refractivity contribution < 1.29 is 9.59 Å². The Kier molecular flexibility index (Phi) is 3.77. The van der Waals surface area contributed by atoms with Gasteiger partial charge in [-0.25, -0.2) is 0 Å². The second kappa shape index (κ2) is 5.31. The number of hydrogen-bond donors (Lipinski definition) is 1. The van der Waals surface area contributed by atoms with Gasteiger partial charge in [-0.1, -0.05) is 31.5 Å². The molecule has 1 aromatic carbocycles. The van der Waals surface area contributed by atoms with E-state index in [1.807, 2.05) is 25.1 Å². The number of nitrogens with zero attached hydrogens (tertiary/aromatic N) is 1. The van der Waals surface area contributed by atoms with Gasteiger partial charge in [-0.15, -0.1) is 0 Å². The van der Waals surface area contributed by atoms with E-state index >= 15 is 0 Å². The summed E-state index contributed by atoms with van der Waals surface area (Å²) < 4.78 is 0. The smallest absolute Gasteiger partial charge is 0.260 e. The lowest BCUT2D eigenvalue weighted by Crippen LogP contribution is -2.48. The van der Waals surface area contributed by atoms with E-state index in [2.05, 4.69) is 0 Å². The Morgan fingerprint density at radius 3 is 2.78 bits per heavy atom. The van der Waals surface area contributed by atoms with Crippen molar-refractivity contribution in [2.75, 3.05) is 6.54 Å². The highest BCUT2D eigenvalue weighted by Crippen LogP contribution is 2.19. The Bertz CT molecular complexity index is 471. The summed E-state index contributed by atoms with van der Waals surface area (Å²) in [6, 6.07) is 7.12. The highest BCUT2D eigenvalue weighted by atomic mass is 16.2. The summed E-state index contributed by atoms with van der Waals surface area (Å²) in [7, 11) is 0. The van der Waals surface area contributed by atoms with Crippen molar-refractivity contribution in [3.05, 3.63) is 35.4 Å². The van der Waals surface area contributed by atoms with Gasteiger partial charge in [-0.2, -0.15) is 0 Å². The third-order valence-corrected chi connectivity index (χ3v) is 3.21. The van der Waals surface area contributed by atoms with E-state index in [0.29, 0.717) is 18.5 Å². The number of carbonyl (C=O) groups is 2. The molecule has 0 fully saturated rings. The lowest BCUT2D eigenvalue weighted by Gasteiger charge is -2.28. The zero-order valence-electron chi connectivity index (χ0n) is 10.6. The summed E-state index contributed by atoms with van der Waals surface area (Å²) in [5.74, 6) is -0.362. The highest BCUT2D eigenvalue weighted by Gasteiger charge is 2.31. The Morgan fingerprint density at radius 2 is 2.06 bits per heavy atom. The van der Waals surface area contributed by atoms with Crippen LogP contribution in [0, 0.1) is 0 Å². The SMILES string of the molecule is CCCC(N)CN1C(=O)Cc2ccccc2C1=O. The lowest BCUT2D eigenvalue weighted by atomic mass is 9.98. The van der Waals surface area contributed by atoms with E-state index in [4.69, 9.17) is 5.73 Å². The average Bonchev–Trinajstić information content (AvgIpc) is 2.35. The highest BCUT2D eigenvalue weighted by molar-refractivity contribution is 6.09. The van der Waals surface area contributed by atoms with Gasteiger partial charge in [0.15, 0.2) is 0 Å². The maximum atomic E-state index is 12.2. The summed E-state index contributed by atoms with van der Waals surface area (Å²) in [6.45, 7) is 2.36. The van der Waals surface area contributed by atoms with E-state index in [-0.39, 0.29) is 17.9 Å². The van der Waals surface area contributed by atoms with Gasteiger partial charge in [-0.3, -0.25) is 14.5 Å². The predicted molar refractivity (Wildman–Crippen MR) is 69.1 cm³/mol. The van der Waals surface area contributed by atoms with Crippen LogP contribution in [0.5, 0.6) is 0 Å². The molecule has 1 unspecified atom stereocenters. The Morgan fingerprint density at radius 1 is 1.33 bits per heavy atom. The molecular weight excluding hydrogens is 228 g/mol. The standard InChI is InChI=1S/C14H18N2O2/c1-2-5-11(15)9-16-13(17)8-10-6-3-4-7-12(10)14(16)18/h3-4,6-7,11H,2,5,8-9,15H2,1H3. The molecule has 0 aliphatic carbocycles. The van der Waals surface area contributed by atoms with Crippen LogP contribution >= 0.6 is 0 Å². The van der Waals surface area contributed by atoms with Crippen LogP contribution in [0.4, 0.5) is 0 Å². The van der Waals surface area contributed by atoms with Gasteiger partial charge in [0.25, 0.3) is 5.91 Å². The molecule has 4 nitrogen and oxygen atoms in total. The largest absolute Gasteiger partial charge is 0.326 e. The summed E-state index contributed by atoms with van der Waals surface area (Å²) in [5.41, 5.74) is 7.35. The second-order valence-electron chi connectivity index (χ2n) is 4.69. The zero-order valence-corrected chi connectivity index (χ0v) is 10.6. The molecule has 2 N–H and O–H groups in total. The maximum absolute atomic E-state index is 12.2. The first-order valence-corrected chi connectivity index (χ1v) is 6.31. The number of benzene rings is 1. The first-order valence-electron chi connectivity index (χ1n) is 6.31. The third-order valence-electron chi connectivity index (χ3n) is 3.21. The van der Waals surface area contributed by atoms with Crippen molar-refractivity contribution in [2.45, 2.75) is 32.2 Å². The van der Waals surface area contributed by atoms with Crippen LogP contribution in [-0.2, 0) is 11.2 Å². The van der Waals surface area contributed by atoms with E-state index < -0.39 is 0 Å². The lowest BCUT2D eigenvalue weighted by molar-refractivity contribution is -0.128. The van der Waals surface area contributed by atoms with Gasteiger partial charge in [0.2, 0.25) is 5.91 Å². The molecule has 4 heteroatoms. The van der Waals surface area contributed by atoms with Crippen molar-refractivity contribution in [1.82, 2.24) is 4.90 Å². The molecule has 0 radical (unpaired) electrons. The molecule has 0 spiro atoms. The normalized spacial score (nSPS) is 16.7. The van der Waals surface area contributed by atoms with E-state index in [0.717, 1.165) is 18.4 Å². The van der Waals surface area contributed by atoms with Gasteiger partial charge in [0, 0.05) is 18.2 Å². The fourth-order valence-electron chi connectivity index (χ4n) is 2.28. The van der Waals surface area contributed by atoms with Gasteiger partial charge < -0.3 is 5.73 Å². The maximum Gasteiger partial charge on any atom is 0.260 e. The molecule has 18 heavy (non-hydrogen) atoms. The van der Waals surface area contributed by atoms with Crippen molar-refractivity contribution >= 4 is 11.8 Å². The first kappa shape index (κ1) is 12.8. The first-order chi connectivity index (χ1) is 8.63. The molecule has 0 saturated carbocycles. The Labute approximate surface area is 107 Å². The number of carbonyl (C=O) groups excluding carboxylic acids is 2. The van der Waals surface area contributed by atoms with E-state index in [1.54, 1.807) is 6.07 Å². The minimum absolute atomic E-state index is 0.131. The summed E-state index contributed by atoms with van der Waals surface area (Å²) in [6.07, 6.45) is 2.06. The monoisotopic (exact) mass is 246 g/mol. The number of hydrogen-bond acceptors (Lipinski definition) is 3. The number of fused-ring (bicyclic) bond motifs is 1. The van der Waals surface area contributed by atoms with Crippen LogP contribution in [0.25, 0.3) is 0 Å². The quantitative estimate of drug-likeness (QED) is 0.815. The Hall–Kier alpha value is -1.68. The molecule has 1 aliphatic heterocycles. The van der Waals surface area contributed by atoms with Crippen LogP contribution in [0.2, 0.25) is 0 Å². The van der Waals surface area contributed by atoms with Crippen molar-refractivity contribution in [3.8, 4) is 0 Å². The third kappa shape index (κ3) is 2.43.